The van der Waals surface area contributed by atoms with E-state index in [0.29, 0.717) is 0 Å². The van der Waals surface area contributed by atoms with Crippen molar-refractivity contribution < 1.29 is 0 Å². The van der Waals surface area contributed by atoms with E-state index in [1.165, 1.54) is 32.4 Å². The lowest BCUT2D eigenvalue weighted by atomic mass is 9.89. The van der Waals surface area contributed by atoms with Crippen LogP contribution in [0.3, 0.4) is 0 Å². The monoisotopic (exact) mass is 156 g/mol. The molecule has 2 nitrogen and oxygen atoms in total. The van der Waals surface area contributed by atoms with Crippen molar-refractivity contribution in [3.8, 4) is 0 Å². The fraction of sp³-hybridized carbons (Fsp3) is 1.00. The highest BCUT2D eigenvalue weighted by Crippen LogP contribution is 2.17. The van der Waals surface area contributed by atoms with Gasteiger partial charge >= 0.3 is 0 Å². The third kappa shape index (κ3) is 2.46. The molecular weight excluding hydrogens is 136 g/mol. The van der Waals surface area contributed by atoms with Crippen LogP contribution in [0.2, 0.25) is 0 Å². The number of nitrogens with one attached hydrogen (secondary N) is 2. The van der Waals surface area contributed by atoms with Crippen LogP contribution in [0.1, 0.15) is 26.2 Å². The fourth-order valence-corrected chi connectivity index (χ4v) is 2.02. The van der Waals surface area contributed by atoms with Crippen molar-refractivity contribution in [2.24, 2.45) is 5.92 Å². The minimum absolute atomic E-state index is 0.747. The molecule has 1 saturated heterocycles. The van der Waals surface area contributed by atoms with E-state index in [0.717, 1.165) is 12.0 Å². The molecule has 2 heteroatoms. The Kier molecular flexibility index (Phi) is 3.87. The lowest BCUT2D eigenvalue weighted by Crippen LogP contribution is -2.39. The number of hydrogen-bond donors (Lipinski definition) is 2. The van der Waals surface area contributed by atoms with Crippen LogP contribution in [0.25, 0.3) is 0 Å². The third-order valence-electron chi connectivity index (χ3n) is 2.76. The lowest BCUT2D eigenvalue weighted by molar-refractivity contribution is 0.284. The van der Waals surface area contributed by atoms with Gasteiger partial charge in [-0.3, -0.25) is 0 Å². The molecule has 1 heterocycles. The largest absolute Gasteiger partial charge is 0.317 e. The molecule has 1 aliphatic heterocycles. The molecule has 0 aromatic rings. The maximum Gasteiger partial charge on any atom is 0.00906 e. The van der Waals surface area contributed by atoms with Crippen LogP contribution in [0.4, 0.5) is 0 Å². The van der Waals surface area contributed by atoms with Crippen molar-refractivity contribution in [1.29, 1.82) is 0 Å². The molecule has 0 aromatic heterocycles. The van der Waals surface area contributed by atoms with Gasteiger partial charge in [-0.2, -0.15) is 0 Å². The second-order valence-electron chi connectivity index (χ2n) is 3.39. The zero-order chi connectivity index (χ0) is 8.10. The molecule has 0 aromatic carbocycles. The van der Waals surface area contributed by atoms with Crippen molar-refractivity contribution in [1.82, 2.24) is 10.6 Å². The number of rotatable bonds is 3. The van der Waals surface area contributed by atoms with Gasteiger partial charge in [-0.15, -0.1) is 0 Å². The highest BCUT2D eigenvalue weighted by Gasteiger charge is 2.19. The third-order valence-corrected chi connectivity index (χ3v) is 2.76. The Balaban J connectivity index is 2.30. The van der Waals surface area contributed by atoms with Crippen molar-refractivity contribution in [3.63, 3.8) is 0 Å². The summed E-state index contributed by atoms with van der Waals surface area (Å²) in [5.74, 6) is 0.909. The standard InChI is InChI=1S/C9H20N2/c1-3-9(10-2)8-4-6-11-7-5-8/h8-11H,3-7H2,1-2H3. The van der Waals surface area contributed by atoms with E-state index in [-0.39, 0.29) is 0 Å². The van der Waals surface area contributed by atoms with Gasteiger partial charge in [0, 0.05) is 6.04 Å². The summed E-state index contributed by atoms with van der Waals surface area (Å²) in [6.45, 7) is 4.69. The molecular formula is C9H20N2. The predicted molar refractivity (Wildman–Crippen MR) is 48.7 cm³/mol. The van der Waals surface area contributed by atoms with Crippen LogP contribution in [0.15, 0.2) is 0 Å². The van der Waals surface area contributed by atoms with E-state index in [2.05, 4.69) is 24.6 Å². The molecule has 0 saturated carbocycles. The minimum atomic E-state index is 0.747. The minimum Gasteiger partial charge on any atom is -0.317 e. The van der Waals surface area contributed by atoms with E-state index < -0.39 is 0 Å². The van der Waals surface area contributed by atoms with Crippen molar-refractivity contribution in [2.45, 2.75) is 32.2 Å². The first kappa shape index (κ1) is 9.01. The van der Waals surface area contributed by atoms with Gasteiger partial charge in [0.05, 0.1) is 0 Å². The van der Waals surface area contributed by atoms with Crippen molar-refractivity contribution in [3.05, 3.63) is 0 Å². The smallest absolute Gasteiger partial charge is 0.00906 e. The van der Waals surface area contributed by atoms with Crippen LogP contribution in [0, 0.1) is 5.92 Å². The van der Waals surface area contributed by atoms with Gasteiger partial charge < -0.3 is 10.6 Å². The number of hydrogen-bond acceptors (Lipinski definition) is 2. The van der Waals surface area contributed by atoms with E-state index >= 15 is 0 Å². The second-order valence-corrected chi connectivity index (χ2v) is 3.39. The van der Waals surface area contributed by atoms with Gasteiger partial charge in [0.15, 0.2) is 0 Å². The molecule has 1 fully saturated rings. The summed E-state index contributed by atoms with van der Waals surface area (Å²) in [6.07, 6.45) is 3.96. The summed E-state index contributed by atoms with van der Waals surface area (Å²) in [7, 11) is 2.08. The average Bonchev–Trinajstić information content (AvgIpc) is 2.09. The first-order valence-corrected chi connectivity index (χ1v) is 4.76. The Bertz CT molecular complexity index is 93.7. The quantitative estimate of drug-likeness (QED) is 0.636. The summed E-state index contributed by atoms with van der Waals surface area (Å²) in [6, 6.07) is 0.747. The molecule has 0 amide bonds. The maximum atomic E-state index is 3.39. The highest BCUT2D eigenvalue weighted by molar-refractivity contribution is 4.78. The van der Waals surface area contributed by atoms with E-state index in [4.69, 9.17) is 0 Å². The molecule has 0 aliphatic carbocycles. The van der Waals surface area contributed by atoms with Gasteiger partial charge in [-0.05, 0) is 45.3 Å². The Morgan fingerprint density at radius 3 is 2.55 bits per heavy atom. The molecule has 66 valence electrons. The first-order chi connectivity index (χ1) is 5.38. The Morgan fingerprint density at radius 2 is 2.09 bits per heavy atom. The van der Waals surface area contributed by atoms with Crippen LogP contribution < -0.4 is 10.6 Å². The highest BCUT2D eigenvalue weighted by atomic mass is 14.9. The molecule has 1 unspecified atom stereocenters. The van der Waals surface area contributed by atoms with Crippen LogP contribution >= 0.6 is 0 Å². The molecule has 11 heavy (non-hydrogen) atoms. The van der Waals surface area contributed by atoms with Crippen molar-refractivity contribution >= 4 is 0 Å². The average molecular weight is 156 g/mol. The topological polar surface area (TPSA) is 24.1 Å². The lowest BCUT2D eigenvalue weighted by Gasteiger charge is -2.29. The summed E-state index contributed by atoms with van der Waals surface area (Å²) in [5, 5.41) is 6.78. The van der Waals surface area contributed by atoms with Crippen LogP contribution in [-0.2, 0) is 0 Å². The molecule has 1 atom stereocenters. The molecule has 2 N–H and O–H groups in total. The molecule has 1 aliphatic rings. The summed E-state index contributed by atoms with van der Waals surface area (Å²) < 4.78 is 0. The zero-order valence-electron chi connectivity index (χ0n) is 7.69. The normalized spacial score (nSPS) is 23.5. The molecule has 0 spiro atoms. The molecule has 1 rings (SSSR count). The van der Waals surface area contributed by atoms with Gasteiger partial charge in [0.2, 0.25) is 0 Å². The van der Waals surface area contributed by atoms with E-state index in [1.54, 1.807) is 0 Å². The van der Waals surface area contributed by atoms with Gasteiger partial charge in [-0.25, -0.2) is 0 Å². The summed E-state index contributed by atoms with van der Waals surface area (Å²) in [5.41, 5.74) is 0. The van der Waals surface area contributed by atoms with Gasteiger partial charge in [-0.1, -0.05) is 6.92 Å². The van der Waals surface area contributed by atoms with Gasteiger partial charge in [0.1, 0.15) is 0 Å². The second kappa shape index (κ2) is 4.73. The van der Waals surface area contributed by atoms with Crippen LogP contribution in [-0.4, -0.2) is 26.2 Å². The van der Waals surface area contributed by atoms with Gasteiger partial charge in [0.25, 0.3) is 0 Å². The Morgan fingerprint density at radius 1 is 1.45 bits per heavy atom. The summed E-state index contributed by atoms with van der Waals surface area (Å²) in [4.78, 5) is 0. The molecule has 0 radical (unpaired) electrons. The summed E-state index contributed by atoms with van der Waals surface area (Å²) >= 11 is 0. The Hall–Kier alpha value is -0.0800. The van der Waals surface area contributed by atoms with Crippen molar-refractivity contribution in [2.75, 3.05) is 20.1 Å². The van der Waals surface area contributed by atoms with E-state index in [9.17, 15) is 0 Å². The van der Waals surface area contributed by atoms with E-state index in [1.807, 2.05) is 0 Å². The predicted octanol–water partition coefficient (Wildman–Crippen LogP) is 0.984. The molecule has 0 bridgehead atoms. The Labute approximate surface area is 69.8 Å². The SMILES string of the molecule is CCC(NC)C1CCNCC1. The zero-order valence-corrected chi connectivity index (χ0v) is 7.69. The fourth-order valence-electron chi connectivity index (χ4n) is 2.02. The first-order valence-electron chi connectivity index (χ1n) is 4.76. The van der Waals surface area contributed by atoms with Crippen LogP contribution in [0.5, 0.6) is 0 Å². The number of piperidine rings is 1. The maximum absolute atomic E-state index is 3.39.